The summed E-state index contributed by atoms with van der Waals surface area (Å²) in [7, 11) is 0. The Morgan fingerprint density at radius 3 is 2.58 bits per heavy atom. The van der Waals surface area contributed by atoms with Crippen LogP contribution in [0.15, 0.2) is 0 Å². The second kappa shape index (κ2) is 3.73. The van der Waals surface area contributed by atoms with Crippen molar-refractivity contribution in [3.8, 4) is 0 Å². The van der Waals surface area contributed by atoms with E-state index in [1.807, 2.05) is 0 Å². The van der Waals surface area contributed by atoms with Crippen molar-refractivity contribution < 1.29 is 0 Å². The van der Waals surface area contributed by atoms with Crippen molar-refractivity contribution in [2.24, 2.45) is 11.5 Å². The van der Waals surface area contributed by atoms with E-state index in [0.717, 1.165) is 26.1 Å². The SMILES string of the molecule is C[C](C)CN1CC[C@](N)(CN)C1. The third-order valence-electron chi connectivity index (χ3n) is 2.41. The molecule has 3 heteroatoms. The summed E-state index contributed by atoms with van der Waals surface area (Å²) in [5.41, 5.74) is 11.5. The van der Waals surface area contributed by atoms with E-state index in [0.29, 0.717) is 6.54 Å². The summed E-state index contributed by atoms with van der Waals surface area (Å²) in [4.78, 5) is 2.38. The van der Waals surface area contributed by atoms with Crippen molar-refractivity contribution in [3.63, 3.8) is 0 Å². The summed E-state index contributed by atoms with van der Waals surface area (Å²) < 4.78 is 0. The predicted molar refractivity (Wildman–Crippen MR) is 51.6 cm³/mol. The molecule has 0 spiro atoms. The van der Waals surface area contributed by atoms with Gasteiger partial charge in [0.2, 0.25) is 0 Å². The Morgan fingerprint density at radius 1 is 1.50 bits per heavy atom. The Labute approximate surface area is 75.1 Å². The normalized spacial score (nSPS) is 31.8. The molecule has 1 aliphatic heterocycles. The Balaban J connectivity index is 2.35. The molecule has 1 atom stereocenters. The van der Waals surface area contributed by atoms with E-state index in [9.17, 15) is 0 Å². The average Bonchev–Trinajstić information content (AvgIpc) is 2.32. The van der Waals surface area contributed by atoms with Gasteiger partial charge in [-0.25, -0.2) is 0 Å². The lowest BCUT2D eigenvalue weighted by molar-refractivity contribution is 0.323. The summed E-state index contributed by atoms with van der Waals surface area (Å²) in [6.45, 7) is 8.02. The quantitative estimate of drug-likeness (QED) is 0.625. The maximum atomic E-state index is 6.05. The first-order valence-corrected chi connectivity index (χ1v) is 4.56. The second-order valence-corrected chi connectivity index (χ2v) is 4.23. The highest BCUT2D eigenvalue weighted by molar-refractivity contribution is 4.97. The third-order valence-corrected chi connectivity index (χ3v) is 2.41. The lowest BCUT2D eigenvalue weighted by Crippen LogP contribution is -2.49. The molecule has 1 heterocycles. The Bertz CT molecular complexity index is 147. The van der Waals surface area contributed by atoms with Crippen LogP contribution in [0.3, 0.4) is 0 Å². The van der Waals surface area contributed by atoms with Crippen LogP contribution < -0.4 is 11.5 Å². The molecule has 0 bridgehead atoms. The number of hydrogen-bond donors (Lipinski definition) is 2. The predicted octanol–water partition coefficient (Wildman–Crippen LogP) is -0.0374. The van der Waals surface area contributed by atoms with Gasteiger partial charge in [0, 0.05) is 31.7 Å². The standard InChI is InChI=1S/C9H20N3/c1-8(2)5-12-4-3-9(11,6-10)7-12/h3-7,10-11H2,1-2H3/t9-/m0/s1. The zero-order chi connectivity index (χ0) is 9.19. The maximum Gasteiger partial charge on any atom is 0.0419 e. The van der Waals surface area contributed by atoms with Crippen LogP contribution in [0, 0.1) is 5.92 Å². The van der Waals surface area contributed by atoms with Crippen LogP contribution in [0.5, 0.6) is 0 Å². The van der Waals surface area contributed by atoms with Crippen molar-refractivity contribution >= 4 is 0 Å². The summed E-state index contributed by atoms with van der Waals surface area (Å²) >= 11 is 0. The van der Waals surface area contributed by atoms with Gasteiger partial charge in [0.25, 0.3) is 0 Å². The molecular weight excluding hydrogens is 150 g/mol. The van der Waals surface area contributed by atoms with Crippen LogP contribution >= 0.6 is 0 Å². The number of hydrogen-bond acceptors (Lipinski definition) is 3. The Hall–Kier alpha value is -0.120. The number of likely N-dealkylation sites (tertiary alicyclic amines) is 1. The fraction of sp³-hybridized carbons (Fsp3) is 0.889. The number of nitrogens with zero attached hydrogens (tertiary/aromatic N) is 1. The highest BCUT2D eigenvalue weighted by atomic mass is 15.2. The lowest BCUT2D eigenvalue weighted by Gasteiger charge is -2.23. The zero-order valence-electron chi connectivity index (χ0n) is 8.14. The molecule has 3 nitrogen and oxygen atoms in total. The minimum absolute atomic E-state index is 0.116. The highest BCUT2D eigenvalue weighted by Crippen LogP contribution is 2.18. The van der Waals surface area contributed by atoms with Gasteiger partial charge < -0.3 is 16.4 Å². The molecule has 1 radical (unpaired) electrons. The fourth-order valence-corrected chi connectivity index (χ4v) is 1.73. The number of rotatable bonds is 3. The highest BCUT2D eigenvalue weighted by Gasteiger charge is 2.32. The van der Waals surface area contributed by atoms with Crippen molar-refractivity contribution in [1.82, 2.24) is 4.90 Å². The van der Waals surface area contributed by atoms with E-state index < -0.39 is 0 Å². The molecule has 4 N–H and O–H groups in total. The largest absolute Gasteiger partial charge is 0.329 e. The molecule has 0 aromatic carbocycles. The van der Waals surface area contributed by atoms with Crippen LogP contribution in [0.1, 0.15) is 20.3 Å². The molecule has 0 saturated carbocycles. The molecule has 0 aromatic heterocycles. The van der Waals surface area contributed by atoms with E-state index >= 15 is 0 Å². The van der Waals surface area contributed by atoms with Crippen molar-refractivity contribution in [3.05, 3.63) is 5.92 Å². The molecule has 71 valence electrons. The minimum Gasteiger partial charge on any atom is -0.329 e. The summed E-state index contributed by atoms with van der Waals surface area (Å²) in [6.07, 6.45) is 1.04. The molecule has 0 aliphatic carbocycles. The van der Waals surface area contributed by atoms with E-state index in [2.05, 4.69) is 18.7 Å². The molecule has 1 saturated heterocycles. The first kappa shape index (κ1) is 9.96. The van der Waals surface area contributed by atoms with Gasteiger partial charge in [0.1, 0.15) is 0 Å². The minimum atomic E-state index is -0.116. The number of nitrogens with two attached hydrogens (primary N) is 2. The van der Waals surface area contributed by atoms with Crippen LogP contribution in [-0.2, 0) is 0 Å². The smallest absolute Gasteiger partial charge is 0.0419 e. The van der Waals surface area contributed by atoms with Gasteiger partial charge in [0.15, 0.2) is 0 Å². The summed E-state index contributed by atoms with van der Waals surface area (Å²) in [6, 6.07) is 0. The topological polar surface area (TPSA) is 55.3 Å². The first-order chi connectivity index (χ1) is 5.56. The van der Waals surface area contributed by atoms with Crippen molar-refractivity contribution in [2.75, 3.05) is 26.2 Å². The van der Waals surface area contributed by atoms with Gasteiger partial charge in [-0.3, -0.25) is 0 Å². The molecular formula is C9H20N3. The van der Waals surface area contributed by atoms with Gasteiger partial charge in [-0.05, 0) is 12.3 Å². The molecule has 0 amide bonds. The van der Waals surface area contributed by atoms with E-state index in [1.54, 1.807) is 0 Å². The van der Waals surface area contributed by atoms with Crippen LogP contribution in [0.25, 0.3) is 0 Å². The average molecular weight is 170 g/mol. The van der Waals surface area contributed by atoms with Gasteiger partial charge in [-0.15, -0.1) is 0 Å². The summed E-state index contributed by atoms with van der Waals surface area (Å²) in [5, 5.41) is 0. The summed E-state index contributed by atoms with van der Waals surface area (Å²) in [5.74, 6) is 1.44. The lowest BCUT2D eigenvalue weighted by atomic mass is 10.0. The second-order valence-electron chi connectivity index (χ2n) is 4.23. The van der Waals surface area contributed by atoms with E-state index in [1.165, 1.54) is 5.92 Å². The Kier molecular flexibility index (Phi) is 3.09. The van der Waals surface area contributed by atoms with Gasteiger partial charge in [-0.1, -0.05) is 13.8 Å². The first-order valence-electron chi connectivity index (χ1n) is 4.56. The van der Waals surface area contributed by atoms with Gasteiger partial charge in [0.05, 0.1) is 0 Å². The van der Waals surface area contributed by atoms with Gasteiger partial charge in [-0.2, -0.15) is 0 Å². The van der Waals surface area contributed by atoms with Crippen molar-refractivity contribution in [2.45, 2.75) is 25.8 Å². The fourth-order valence-electron chi connectivity index (χ4n) is 1.73. The molecule has 1 aliphatic rings. The van der Waals surface area contributed by atoms with Crippen LogP contribution in [-0.4, -0.2) is 36.6 Å². The monoisotopic (exact) mass is 170 g/mol. The van der Waals surface area contributed by atoms with E-state index in [-0.39, 0.29) is 5.54 Å². The molecule has 0 unspecified atom stereocenters. The molecule has 1 fully saturated rings. The zero-order valence-corrected chi connectivity index (χ0v) is 8.14. The maximum absolute atomic E-state index is 6.05. The van der Waals surface area contributed by atoms with Gasteiger partial charge >= 0.3 is 0 Å². The Morgan fingerprint density at radius 2 is 2.17 bits per heavy atom. The van der Waals surface area contributed by atoms with E-state index in [4.69, 9.17) is 11.5 Å². The third kappa shape index (κ3) is 2.44. The van der Waals surface area contributed by atoms with Crippen molar-refractivity contribution in [1.29, 1.82) is 0 Å². The molecule has 1 rings (SSSR count). The van der Waals surface area contributed by atoms with Crippen LogP contribution in [0.4, 0.5) is 0 Å². The molecule has 12 heavy (non-hydrogen) atoms. The molecule has 0 aromatic rings. The van der Waals surface area contributed by atoms with Crippen LogP contribution in [0.2, 0.25) is 0 Å².